The van der Waals surface area contributed by atoms with E-state index in [1.807, 2.05) is 47.6 Å². The van der Waals surface area contributed by atoms with Gasteiger partial charge in [-0.3, -0.25) is 14.4 Å². The van der Waals surface area contributed by atoms with Crippen molar-refractivity contribution in [2.45, 2.75) is 37.4 Å². The summed E-state index contributed by atoms with van der Waals surface area (Å²) in [4.78, 5) is 8.31. The molecule has 0 spiro atoms. The Morgan fingerprint density at radius 1 is 1.07 bits per heavy atom. The zero-order chi connectivity index (χ0) is 28.3. The molecular formula is C30H27ClF2N8. The van der Waals surface area contributed by atoms with Gasteiger partial charge in [0.15, 0.2) is 0 Å². The monoisotopic (exact) mass is 572 g/mol. The van der Waals surface area contributed by atoms with Gasteiger partial charge in [0, 0.05) is 42.1 Å². The van der Waals surface area contributed by atoms with Crippen LogP contribution in [-0.4, -0.2) is 27.7 Å². The van der Waals surface area contributed by atoms with Crippen molar-refractivity contribution in [2.24, 2.45) is 0 Å². The predicted octanol–water partition coefficient (Wildman–Crippen LogP) is 6.29. The zero-order valence-electron chi connectivity index (χ0n) is 21.9. The Bertz CT molecular complexity index is 1620. The van der Waals surface area contributed by atoms with Crippen molar-refractivity contribution >= 4 is 33.9 Å². The summed E-state index contributed by atoms with van der Waals surface area (Å²) in [6.45, 7) is -0.535. The Hall–Kier alpha value is -4.46. The Morgan fingerprint density at radius 3 is 2.61 bits per heavy atom. The molecule has 2 aliphatic rings. The van der Waals surface area contributed by atoms with E-state index in [9.17, 15) is 14.0 Å². The summed E-state index contributed by atoms with van der Waals surface area (Å²) >= 11 is 6.74. The van der Waals surface area contributed by atoms with Crippen LogP contribution < -0.4 is 21.6 Å². The summed E-state index contributed by atoms with van der Waals surface area (Å²) in [6, 6.07) is 18.0. The van der Waals surface area contributed by atoms with Crippen molar-refractivity contribution in [2.75, 3.05) is 17.3 Å². The molecule has 41 heavy (non-hydrogen) atoms. The molecule has 2 aromatic carbocycles. The molecule has 6 rings (SSSR count). The van der Waals surface area contributed by atoms with E-state index in [2.05, 4.69) is 37.6 Å². The summed E-state index contributed by atoms with van der Waals surface area (Å²) < 4.78 is 27.3. The van der Waals surface area contributed by atoms with Gasteiger partial charge in [-0.15, -0.1) is 5.53 Å². The molecule has 4 aromatic rings. The van der Waals surface area contributed by atoms with Crippen LogP contribution in [0.5, 0.6) is 0 Å². The quantitative estimate of drug-likeness (QED) is 0.165. The lowest BCUT2D eigenvalue weighted by Crippen LogP contribution is -2.38. The van der Waals surface area contributed by atoms with Crippen molar-refractivity contribution in [3.05, 3.63) is 107 Å². The first-order chi connectivity index (χ1) is 20.0. The minimum atomic E-state index is -0.570. The Labute approximate surface area is 241 Å². The predicted molar refractivity (Wildman–Crippen MR) is 155 cm³/mol. The zero-order valence-corrected chi connectivity index (χ0v) is 22.7. The number of rotatable bonds is 10. The summed E-state index contributed by atoms with van der Waals surface area (Å²) in [5.41, 5.74) is 10.8. The lowest BCUT2D eigenvalue weighted by molar-refractivity contribution is 0.260. The molecule has 1 aliphatic carbocycles. The SMILES string of the molecule is N#Cc1cnc2c(Cl)cc(NC(C3=CN(C4CC4)NN3)c3ccc(F)nc3)cc2c1N[C@H](CCF)c1ccccc1. The molecular weight excluding hydrogens is 546 g/mol. The third-order valence-corrected chi connectivity index (χ3v) is 7.51. The Kier molecular flexibility index (Phi) is 7.55. The topological polar surface area (TPSA) is 101 Å². The number of benzene rings is 2. The number of hydrazine groups is 2. The van der Waals surface area contributed by atoms with E-state index in [1.54, 1.807) is 12.1 Å². The fourth-order valence-corrected chi connectivity index (χ4v) is 5.25. The molecule has 208 valence electrons. The van der Waals surface area contributed by atoms with Crippen LogP contribution in [0.3, 0.4) is 0 Å². The molecule has 3 heterocycles. The number of halogens is 3. The second-order valence-electron chi connectivity index (χ2n) is 10.0. The van der Waals surface area contributed by atoms with Gasteiger partial charge in [-0.1, -0.05) is 48.0 Å². The molecule has 0 radical (unpaired) electrons. The number of fused-ring (bicyclic) bond motifs is 1. The third kappa shape index (κ3) is 5.73. The lowest BCUT2D eigenvalue weighted by atomic mass is 10.0. The van der Waals surface area contributed by atoms with E-state index in [1.165, 1.54) is 18.5 Å². The van der Waals surface area contributed by atoms with Crippen molar-refractivity contribution in [3.8, 4) is 6.07 Å². The number of hydrogen-bond acceptors (Lipinski definition) is 8. The molecule has 2 aromatic heterocycles. The number of pyridine rings is 2. The van der Waals surface area contributed by atoms with Gasteiger partial charge >= 0.3 is 0 Å². The molecule has 11 heteroatoms. The summed E-state index contributed by atoms with van der Waals surface area (Å²) in [7, 11) is 0. The average Bonchev–Trinajstić information content (AvgIpc) is 3.73. The number of anilines is 2. The van der Waals surface area contributed by atoms with Gasteiger partial charge in [0.25, 0.3) is 0 Å². The number of nitrogens with zero attached hydrogens (tertiary/aromatic N) is 4. The van der Waals surface area contributed by atoms with Gasteiger partial charge in [0.1, 0.15) is 6.07 Å². The van der Waals surface area contributed by atoms with Crippen LogP contribution >= 0.6 is 11.6 Å². The van der Waals surface area contributed by atoms with E-state index >= 15 is 0 Å². The largest absolute Gasteiger partial charge is 0.376 e. The van der Waals surface area contributed by atoms with Crippen molar-refractivity contribution in [1.82, 2.24) is 25.9 Å². The molecule has 1 saturated carbocycles. The van der Waals surface area contributed by atoms with Gasteiger partial charge in [0.2, 0.25) is 5.95 Å². The van der Waals surface area contributed by atoms with Crippen LogP contribution in [0.15, 0.2) is 78.9 Å². The highest BCUT2D eigenvalue weighted by atomic mass is 35.5. The number of nitriles is 1. The first-order valence-electron chi connectivity index (χ1n) is 13.3. The van der Waals surface area contributed by atoms with Crippen LogP contribution in [0.25, 0.3) is 10.9 Å². The van der Waals surface area contributed by atoms with Crippen LogP contribution in [0.4, 0.5) is 20.2 Å². The van der Waals surface area contributed by atoms with Crippen LogP contribution in [0.1, 0.15) is 48.0 Å². The van der Waals surface area contributed by atoms with Gasteiger partial charge in [-0.25, -0.2) is 4.98 Å². The molecule has 4 N–H and O–H groups in total. The van der Waals surface area contributed by atoms with Crippen LogP contribution in [0, 0.1) is 17.3 Å². The summed E-state index contributed by atoms with van der Waals surface area (Å²) in [5, 5.41) is 19.9. The van der Waals surface area contributed by atoms with Crippen LogP contribution in [0.2, 0.25) is 5.02 Å². The van der Waals surface area contributed by atoms with Gasteiger partial charge in [-0.05, 0) is 42.2 Å². The summed E-state index contributed by atoms with van der Waals surface area (Å²) in [5.74, 6) is -0.570. The molecule has 1 unspecified atom stereocenters. The third-order valence-electron chi connectivity index (χ3n) is 7.22. The first kappa shape index (κ1) is 26.7. The Morgan fingerprint density at radius 2 is 1.90 bits per heavy atom. The van der Waals surface area contributed by atoms with Crippen molar-refractivity contribution < 1.29 is 8.78 Å². The van der Waals surface area contributed by atoms with E-state index in [0.717, 1.165) is 29.7 Å². The van der Waals surface area contributed by atoms with Crippen molar-refractivity contribution in [1.29, 1.82) is 5.26 Å². The van der Waals surface area contributed by atoms with Gasteiger partial charge in [-0.2, -0.15) is 9.65 Å². The van der Waals surface area contributed by atoms with E-state index in [0.29, 0.717) is 38.9 Å². The molecule has 8 nitrogen and oxygen atoms in total. The summed E-state index contributed by atoms with van der Waals surface area (Å²) in [6.07, 6.45) is 7.37. The minimum absolute atomic E-state index is 0.217. The smallest absolute Gasteiger partial charge is 0.212 e. The minimum Gasteiger partial charge on any atom is -0.376 e. The fraction of sp³-hybridized carbons (Fsp3) is 0.233. The highest BCUT2D eigenvalue weighted by molar-refractivity contribution is 6.35. The van der Waals surface area contributed by atoms with Crippen molar-refractivity contribution in [3.63, 3.8) is 0 Å². The lowest BCUT2D eigenvalue weighted by Gasteiger charge is -2.23. The highest BCUT2D eigenvalue weighted by Crippen LogP contribution is 2.38. The maximum Gasteiger partial charge on any atom is 0.212 e. The molecule has 0 saturated heterocycles. The normalized spacial score (nSPS) is 16.0. The highest BCUT2D eigenvalue weighted by Gasteiger charge is 2.32. The van der Waals surface area contributed by atoms with Gasteiger partial charge < -0.3 is 16.1 Å². The second-order valence-corrected chi connectivity index (χ2v) is 10.5. The number of aromatic nitrogens is 2. The molecule has 1 fully saturated rings. The van der Waals surface area contributed by atoms with E-state index in [-0.39, 0.29) is 12.5 Å². The molecule has 0 bridgehead atoms. The number of hydrogen-bond donors (Lipinski definition) is 4. The van der Waals surface area contributed by atoms with E-state index < -0.39 is 18.7 Å². The maximum atomic E-state index is 13.7. The fourth-order valence-electron chi connectivity index (χ4n) is 4.98. The van der Waals surface area contributed by atoms with E-state index in [4.69, 9.17) is 11.6 Å². The maximum absolute atomic E-state index is 13.7. The average molecular weight is 573 g/mol. The molecule has 0 amide bonds. The second kappa shape index (κ2) is 11.6. The first-order valence-corrected chi connectivity index (χ1v) is 13.7. The standard InChI is InChI=1S/C30H27ClF2N8/c31-24-13-21(37-29(19-6-9-27(33)35-15-19)26-17-41(40-39-26)22-7-8-22)12-23-28(20(14-34)16-36-30(23)24)38-25(10-11-32)18-4-2-1-3-5-18/h1-6,9,12-13,15-17,22,25,29,37,39-40H,7-8,10-11H2,(H,36,38)/t25-,29?/m1/s1. The van der Waals surface area contributed by atoms with Gasteiger partial charge in [0.05, 0.1) is 46.2 Å². The van der Waals surface area contributed by atoms with Crippen LogP contribution in [-0.2, 0) is 0 Å². The Balaban J connectivity index is 1.41. The molecule has 1 aliphatic heterocycles. The number of alkyl halides is 1. The number of nitrogens with one attached hydrogen (secondary N) is 4. The molecule has 2 atom stereocenters.